The van der Waals surface area contributed by atoms with Crippen molar-refractivity contribution in [2.45, 2.75) is 212 Å². The van der Waals surface area contributed by atoms with E-state index in [1.807, 2.05) is 0 Å². The monoisotopic (exact) mass is 846 g/mol. The van der Waals surface area contributed by atoms with E-state index < -0.39 is 0 Å². The molecule has 0 atom stereocenters. The minimum absolute atomic E-state index is 0.000289. The lowest BCUT2D eigenvalue weighted by Crippen LogP contribution is -2.32. The van der Waals surface area contributed by atoms with E-state index >= 15 is 0 Å². The van der Waals surface area contributed by atoms with Crippen LogP contribution < -0.4 is 32.7 Å². The first-order valence-electron chi connectivity index (χ1n) is 25.4. The first-order chi connectivity index (χ1) is 29.5. The number of carbonyl (C=O) groups is 4. The van der Waals surface area contributed by atoms with Gasteiger partial charge >= 0.3 is 0 Å². The van der Waals surface area contributed by atoms with Crippen molar-refractivity contribution < 1.29 is 19.2 Å². The molecule has 0 bridgehead atoms. The van der Waals surface area contributed by atoms with Crippen LogP contribution in [0, 0.1) is 5.92 Å². The Morgan fingerprint density at radius 2 is 0.767 bits per heavy atom. The Hall–Kier alpha value is -2.34. The molecule has 4 amide bonds. The van der Waals surface area contributed by atoms with Gasteiger partial charge in [0.15, 0.2) is 0 Å². The smallest absolute Gasteiger partial charge is 0.253 e. The van der Waals surface area contributed by atoms with Crippen molar-refractivity contribution in [1.82, 2.24) is 26.2 Å². The zero-order chi connectivity index (χ0) is 43.4. The number of carbonyl (C=O) groups excluding carboxylic acids is 4. The van der Waals surface area contributed by atoms with Crippen LogP contribution in [-0.2, 0) is 19.2 Å². The number of hydrogen-bond donors (Lipinski definition) is 6. The van der Waals surface area contributed by atoms with Crippen molar-refractivity contribution in [3.63, 3.8) is 0 Å². The summed E-state index contributed by atoms with van der Waals surface area (Å²) in [6, 6.07) is 0. The van der Waals surface area contributed by atoms with Crippen LogP contribution in [-0.4, -0.2) is 87.4 Å². The van der Waals surface area contributed by atoms with E-state index in [4.69, 9.17) is 11.5 Å². The second kappa shape index (κ2) is 43.3. The molecule has 11 heteroatoms. The Morgan fingerprint density at radius 1 is 0.433 bits per heavy atom. The van der Waals surface area contributed by atoms with Crippen LogP contribution in [0.1, 0.15) is 212 Å². The zero-order valence-electron chi connectivity index (χ0n) is 38.7. The fourth-order valence-corrected chi connectivity index (χ4v) is 8.04. The second-order valence-corrected chi connectivity index (χ2v) is 17.6. The molecule has 60 heavy (non-hydrogen) atoms. The molecule has 350 valence electrons. The van der Waals surface area contributed by atoms with Crippen LogP contribution in [0.3, 0.4) is 0 Å². The largest absolute Gasteiger partial charge is 0.356 e. The molecular formula is C49H95N7O4. The highest BCUT2D eigenvalue weighted by Gasteiger charge is 2.22. The van der Waals surface area contributed by atoms with E-state index in [0.29, 0.717) is 38.3 Å². The van der Waals surface area contributed by atoms with Gasteiger partial charge in [-0.25, -0.2) is 0 Å². The van der Waals surface area contributed by atoms with Gasteiger partial charge in [0.05, 0.1) is 0 Å². The Labute approximate surface area is 368 Å². The SMILES string of the molecule is NCCCCNCC(CCCCCCNC(=O)CCCCCCCCCCCCCCCCCCCCCCCNC(=O)CCCN1C(=O)C=CC1=O)CNCCCCN. The van der Waals surface area contributed by atoms with Crippen molar-refractivity contribution in [3.05, 3.63) is 12.2 Å². The van der Waals surface area contributed by atoms with Crippen LogP contribution >= 0.6 is 0 Å². The van der Waals surface area contributed by atoms with Gasteiger partial charge in [-0.15, -0.1) is 0 Å². The van der Waals surface area contributed by atoms with E-state index in [1.165, 1.54) is 158 Å². The van der Waals surface area contributed by atoms with Crippen molar-refractivity contribution in [2.75, 3.05) is 58.9 Å². The molecule has 0 aliphatic carbocycles. The molecule has 0 radical (unpaired) electrons. The summed E-state index contributed by atoms with van der Waals surface area (Å²) in [6.07, 6.45) is 41.9. The minimum atomic E-state index is -0.285. The number of unbranched alkanes of at least 4 members (excludes halogenated alkanes) is 25. The maximum Gasteiger partial charge on any atom is 0.253 e. The van der Waals surface area contributed by atoms with E-state index in [2.05, 4.69) is 21.3 Å². The van der Waals surface area contributed by atoms with Gasteiger partial charge < -0.3 is 32.7 Å². The van der Waals surface area contributed by atoms with Crippen molar-refractivity contribution >= 4 is 23.6 Å². The van der Waals surface area contributed by atoms with E-state index in [9.17, 15) is 19.2 Å². The number of nitrogens with one attached hydrogen (secondary N) is 4. The molecule has 0 fully saturated rings. The number of nitrogens with two attached hydrogens (primary N) is 2. The molecule has 1 heterocycles. The van der Waals surface area contributed by atoms with Crippen LogP contribution in [0.5, 0.6) is 0 Å². The highest BCUT2D eigenvalue weighted by atomic mass is 16.2. The quantitative estimate of drug-likeness (QED) is 0.0261. The van der Waals surface area contributed by atoms with Crippen LogP contribution in [0.2, 0.25) is 0 Å². The predicted molar refractivity (Wildman–Crippen MR) is 252 cm³/mol. The van der Waals surface area contributed by atoms with E-state index in [0.717, 1.165) is 97.2 Å². The lowest BCUT2D eigenvalue weighted by Gasteiger charge is -2.18. The molecule has 1 aliphatic heterocycles. The molecule has 0 aromatic carbocycles. The Bertz CT molecular complexity index is 1030. The standard InChI is InChI=1S/C49H95N7O4/c50-36-24-28-38-52-43-45(44-53-39-29-25-37-51)31-22-19-21-27-41-54-46(57)32-23-18-16-14-12-10-8-6-4-2-1-3-5-7-9-11-13-15-17-20-26-40-55-47(58)33-30-42-56-48(59)34-35-49(56)60/h34-35,45,52-53H,1-33,36-44,50-51H2,(H,54,57)(H,55,58). The first kappa shape index (κ1) is 55.7. The molecule has 0 aromatic rings. The van der Waals surface area contributed by atoms with Gasteiger partial charge in [0, 0.05) is 44.6 Å². The normalized spacial score (nSPS) is 12.7. The van der Waals surface area contributed by atoms with Crippen LogP contribution in [0.25, 0.3) is 0 Å². The Balaban J connectivity index is 1.77. The summed E-state index contributed by atoms with van der Waals surface area (Å²) in [4.78, 5) is 48.5. The first-order valence-corrected chi connectivity index (χ1v) is 25.4. The van der Waals surface area contributed by atoms with Gasteiger partial charge in [0.25, 0.3) is 11.8 Å². The van der Waals surface area contributed by atoms with E-state index in [-0.39, 0.29) is 23.6 Å². The summed E-state index contributed by atoms with van der Waals surface area (Å²) in [5.74, 6) is 0.332. The molecule has 1 aliphatic rings. The number of nitrogens with zero attached hydrogens (tertiary/aromatic N) is 1. The number of rotatable bonds is 47. The highest BCUT2D eigenvalue weighted by Crippen LogP contribution is 2.16. The lowest BCUT2D eigenvalue weighted by atomic mass is 10.00. The van der Waals surface area contributed by atoms with Gasteiger partial charge in [-0.3, -0.25) is 24.1 Å². The van der Waals surface area contributed by atoms with Crippen molar-refractivity contribution in [1.29, 1.82) is 0 Å². The zero-order valence-corrected chi connectivity index (χ0v) is 38.7. The Kier molecular flexibility index (Phi) is 40.2. The van der Waals surface area contributed by atoms with Crippen LogP contribution in [0.4, 0.5) is 0 Å². The predicted octanol–water partition coefficient (Wildman–Crippen LogP) is 8.73. The van der Waals surface area contributed by atoms with Crippen molar-refractivity contribution in [3.8, 4) is 0 Å². The number of amides is 4. The van der Waals surface area contributed by atoms with Gasteiger partial charge in [-0.05, 0) is 103 Å². The maximum absolute atomic E-state index is 12.3. The molecular weight excluding hydrogens is 751 g/mol. The fourth-order valence-electron chi connectivity index (χ4n) is 8.04. The summed E-state index contributed by atoms with van der Waals surface area (Å²) in [5.41, 5.74) is 11.3. The average Bonchev–Trinajstić information content (AvgIpc) is 3.56. The topological polar surface area (TPSA) is 172 Å². The van der Waals surface area contributed by atoms with Crippen molar-refractivity contribution in [2.24, 2.45) is 17.4 Å². The molecule has 0 saturated heterocycles. The van der Waals surface area contributed by atoms with Gasteiger partial charge in [0.1, 0.15) is 0 Å². The fraction of sp³-hybridized carbons (Fsp3) is 0.878. The lowest BCUT2D eigenvalue weighted by molar-refractivity contribution is -0.137. The number of hydrogen-bond acceptors (Lipinski definition) is 8. The summed E-state index contributed by atoms with van der Waals surface area (Å²) in [6.45, 7) is 7.65. The summed E-state index contributed by atoms with van der Waals surface area (Å²) >= 11 is 0. The average molecular weight is 846 g/mol. The second-order valence-electron chi connectivity index (χ2n) is 17.6. The molecule has 8 N–H and O–H groups in total. The highest BCUT2D eigenvalue weighted by molar-refractivity contribution is 6.12. The minimum Gasteiger partial charge on any atom is -0.356 e. The van der Waals surface area contributed by atoms with E-state index in [1.54, 1.807) is 0 Å². The third-order valence-electron chi connectivity index (χ3n) is 11.9. The molecule has 11 nitrogen and oxygen atoms in total. The summed E-state index contributed by atoms with van der Waals surface area (Å²) in [7, 11) is 0. The summed E-state index contributed by atoms with van der Waals surface area (Å²) in [5, 5.41) is 13.4. The van der Waals surface area contributed by atoms with Gasteiger partial charge in [-0.2, -0.15) is 0 Å². The molecule has 0 saturated carbocycles. The molecule has 0 unspecified atom stereocenters. The maximum atomic E-state index is 12.3. The third-order valence-corrected chi connectivity index (χ3v) is 11.9. The molecule has 1 rings (SSSR count). The molecule has 0 spiro atoms. The summed E-state index contributed by atoms with van der Waals surface area (Å²) < 4.78 is 0. The van der Waals surface area contributed by atoms with Crippen LogP contribution in [0.15, 0.2) is 12.2 Å². The Morgan fingerprint density at radius 3 is 1.17 bits per heavy atom. The number of imide groups is 1. The van der Waals surface area contributed by atoms with Gasteiger partial charge in [0.2, 0.25) is 11.8 Å². The third kappa shape index (κ3) is 36.3. The van der Waals surface area contributed by atoms with Gasteiger partial charge in [-0.1, -0.05) is 141 Å². The molecule has 0 aromatic heterocycles.